The predicted molar refractivity (Wildman–Crippen MR) is 83.1 cm³/mol. The van der Waals surface area contributed by atoms with Gasteiger partial charge in [0.05, 0.1) is 0 Å². The molecule has 0 radical (unpaired) electrons. The molecule has 0 N–H and O–H groups in total. The second-order valence-corrected chi connectivity index (χ2v) is 5.88. The van der Waals surface area contributed by atoms with Gasteiger partial charge in [0.25, 0.3) is 0 Å². The van der Waals surface area contributed by atoms with Crippen LogP contribution in [0.1, 0.15) is 56.7 Å². The minimum atomic E-state index is 0.574. The number of alkyl halides is 1. The summed E-state index contributed by atoms with van der Waals surface area (Å²) < 4.78 is 0. The molecule has 1 aromatic heterocycles. The standard InChI is InChI=1S/C16H25ClN2/c1-3-7-14-10-13(12-17)11-16(18-14)19(2)15-8-5-4-6-9-15/h10-11,15H,3-9,12H2,1-2H3. The average molecular weight is 281 g/mol. The molecule has 19 heavy (non-hydrogen) atoms. The topological polar surface area (TPSA) is 16.1 Å². The van der Waals surface area contributed by atoms with Crippen molar-refractivity contribution < 1.29 is 0 Å². The lowest BCUT2D eigenvalue weighted by molar-refractivity contribution is 0.426. The number of hydrogen-bond acceptors (Lipinski definition) is 2. The molecule has 1 aliphatic rings. The zero-order valence-electron chi connectivity index (χ0n) is 12.2. The van der Waals surface area contributed by atoms with E-state index in [0.29, 0.717) is 11.9 Å². The summed E-state index contributed by atoms with van der Waals surface area (Å²) in [7, 11) is 2.19. The third-order valence-corrected chi connectivity index (χ3v) is 4.38. The Labute approximate surface area is 122 Å². The molecule has 0 atom stereocenters. The normalized spacial score (nSPS) is 16.6. The summed E-state index contributed by atoms with van der Waals surface area (Å²) in [5, 5.41) is 0. The SMILES string of the molecule is CCCc1cc(CCl)cc(N(C)C2CCCCC2)n1. The third-order valence-electron chi connectivity index (χ3n) is 4.07. The molecule has 1 aliphatic carbocycles. The van der Waals surface area contributed by atoms with Crippen LogP contribution in [0.3, 0.4) is 0 Å². The molecule has 2 nitrogen and oxygen atoms in total. The summed E-state index contributed by atoms with van der Waals surface area (Å²) in [5.41, 5.74) is 2.37. The van der Waals surface area contributed by atoms with Gasteiger partial charge in [-0.15, -0.1) is 11.6 Å². The van der Waals surface area contributed by atoms with Gasteiger partial charge in [0.2, 0.25) is 0 Å². The van der Waals surface area contributed by atoms with Crippen LogP contribution >= 0.6 is 11.6 Å². The summed E-state index contributed by atoms with van der Waals surface area (Å²) in [6, 6.07) is 4.96. The van der Waals surface area contributed by atoms with Crippen molar-refractivity contribution >= 4 is 17.4 Å². The molecule has 2 rings (SSSR count). The number of anilines is 1. The van der Waals surface area contributed by atoms with Gasteiger partial charge in [-0.05, 0) is 37.0 Å². The van der Waals surface area contributed by atoms with E-state index < -0.39 is 0 Å². The molecule has 0 bridgehead atoms. The Balaban J connectivity index is 2.18. The Morgan fingerprint density at radius 3 is 2.63 bits per heavy atom. The highest BCUT2D eigenvalue weighted by atomic mass is 35.5. The Bertz CT molecular complexity index is 400. The van der Waals surface area contributed by atoms with Crippen LogP contribution in [0.4, 0.5) is 5.82 Å². The molecule has 1 saturated carbocycles. The van der Waals surface area contributed by atoms with Crippen LogP contribution in [-0.2, 0) is 12.3 Å². The first kappa shape index (κ1) is 14.6. The van der Waals surface area contributed by atoms with Gasteiger partial charge in [-0.3, -0.25) is 0 Å². The molecule has 1 aromatic rings. The number of rotatable bonds is 5. The molecule has 3 heteroatoms. The highest BCUT2D eigenvalue weighted by molar-refractivity contribution is 6.17. The minimum absolute atomic E-state index is 0.574. The first-order valence-corrected chi connectivity index (χ1v) is 8.06. The van der Waals surface area contributed by atoms with Gasteiger partial charge in [-0.25, -0.2) is 4.98 Å². The zero-order chi connectivity index (χ0) is 13.7. The monoisotopic (exact) mass is 280 g/mol. The van der Waals surface area contributed by atoms with Crippen molar-refractivity contribution in [3.8, 4) is 0 Å². The van der Waals surface area contributed by atoms with E-state index in [1.807, 2.05) is 0 Å². The van der Waals surface area contributed by atoms with Crippen LogP contribution in [0, 0.1) is 0 Å². The minimum Gasteiger partial charge on any atom is -0.357 e. The van der Waals surface area contributed by atoms with Crippen molar-refractivity contribution in [2.24, 2.45) is 0 Å². The van der Waals surface area contributed by atoms with E-state index >= 15 is 0 Å². The smallest absolute Gasteiger partial charge is 0.129 e. The lowest BCUT2D eigenvalue weighted by Gasteiger charge is -2.32. The fraction of sp³-hybridized carbons (Fsp3) is 0.688. The Kier molecular flexibility index (Phi) is 5.50. The molecule has 0 aliphatic heterocycles. The van der Waals surface area contributed by atoms with E-state index in [1.54, 1.807) is 0 Å². The highest BCUT2D eigenvalue weighted by Crippen LogP contribution is 2.26. The van der Waals surface area contributed by atoms with Gasteiger partial charge in [0, 0.05) is 24.7 Å². The fourth-order valence-electron chi connectivity index (χ4n) is 2.93. The fourth-order valence-corrected chi connectivity index (χ4v) is 3.08. The summed E-state index contributed by atoms with van der Waals surface area (Å²) >= 11 is 6.02. The molecule has 0 amide bonds. The largest absolute Gasteiger partial charge is 0.357 e. The zero-order valence-corrected chi connectivity index (χ0v) is 12.9. The summed E-state index contributed by atoms with van der Waals surface area (Å²) in [5.74, 6) is 1.68. The molecule has 0 spiro atoms. The van der Waals surface area contributed by atoms with Gasteiger partial charge >= 0.3 is 0 Å². The van der Waals surface area contributed by atoms with Crippen LogP contribution in [0.5, 0.6) is 0 Å². The number of hydrogen-bond donors (Lipinski definition) is 0. The number of pyridine rings is 1. The number of aromatic nitrogens is 1. The highest BCUT2D eigenvalue weighted by Gasteiger charge is 2.19. The Morgan fingerprint density at radius 2 is 2.00 bits per heavy atom. The molecule has 0 aromatic carbocycles. The molecule has 0 unspecified atom stereocenters. The predicted octanol–water partition coefficient (Wildman–Crippen LogP) is 4.54. The van der Waals surface area contributed by atoms with Gasteiger partial charge in [0.15, 0.2) is 0 Å². The molecule has 1 fully saturated rings. The quantitative estimate of drug-likeness (QED) is 0.736. The van der Waals surface area contributed by atoms with E-state index in [1.165, 1.54) is 43.4 Å². The average Bonchev–Trinajstić information content (AvgIpc) is 2.47. The van der Waals surface area contributed by atoms with Crippen LogP contribution in [-0.4, -0.2) is 18.1 Å². The molecule has 106 valence electrons. The van der Waals surface area contributed by atoms with Crippen molar-refractivity contribution in [3.63, 3.8) is 0 Å². The van der Waals surface area contributed by atoms with Crippen LogP contribution in [0.25, 0.3) is 0 Å². The van der Waals surface area contributed by atoms with Crippen LogP contribution < -0.4 is 4.90 Å². The molecular weight excluding hydrogens is 256 g/mol. The second-order valence-electron chi connectivity index (χ2n) is 5.61. The Morgan fingerprint density at radius 1 is 1.26 bits per heavy atom. The van der Waals surface area contributed by atoms with Gasteiger partial charge < -0.3 is 4.90 Å². The van der Waals surface area contributed by atoms with Crippen LogP contribution in [0.2, 0.25) is 0 Å². The first-order chi connectivity index (χ1) is 9.24. The van der Waals surface area contributed by atoms with Crippen molar-refractivity contribution in [3.05, 3.63) is 23.4 Å². The van der Waals surface area contributed by atoms with Gasteiger partial charge in [-0.1, -0.05) is 32.6 Å². The maximum Gasteiger partial charge on any atom is 0.129 e. The molecule has 1 heterocycles. The number of nitrogens with zero attached hydrogens (tertiary/aromatic N) is 2. The van der Waals surface area contributed by atoms with Crippen molar-refractivity contribution in [1.29, 1.82) is 0 Å². The van der Waals surface area contributed by atoms with E-state index in [-0.39, 0.29) is 0 Å². The van der Waals surface area contributed by atoms with Gasteiger partial charge in [0.1, 0.15) is 5.82 Å². The van der Waals surface area contributed by atoms with Crippen LogP contribution in [0.15, 0.2) is 12.1 Å². The Hall–Kier alpha value is -0.760. The maximum atomic E-state index is 6.02. The van der Waals surface area contributed by atoms with E-state index in [0.717, 1.165) is 18.7 Å². The first-order valence-electron chi connectivity index (χ1n) is 7.53. The maximum absolute atomic E-state index is 6.02. The summed E-state index contributed by atoms with van der Waals surface area (Å²) in [6.45, 7) is 2.19. The van der Waals surface area contributed by atoms with E-state index in [9.17, 15) is 0 Å². The summed E-state index contributed by atoms with van der Waals surface area (Å²) in [4.78, 5) is 7.18. The van der Waals surface area contributed by atoms with Crippen molar-refractivity contribution in [2.75, 3.05) is 11.9 Å². The third kappa shape index (κ3) is 3.85. The lowest BCUT2D eigenvalue weighted by Crippen LogP contribution is -2.34. The molecule has 0 saturated heterocycles. The second kappa shape index (κ2) is 7.14. The van der Waals surface area contributed by atoms with Gasteiger partial charge in [-0.2, -0.15) is 0 Å². The number of aryl methyl sites for hydroxylation is 1. The van der Waals surface area contributed by atoms with Crippen molar-refractivity contribution in [2.45, 2.75) is 63.8 Å². The van der Waals surface area contributed by atoms with E-state index in [2.05, 4.69) is 31.0 Å². The number of halogens is 1. The molecular formula is C16H25ClN2. The summed E-state index contributed by atoms with van der Waals surface area (Å²) in [6.07, 6.45) is 8.86. The lowest BCUT2D eigenvalue weighted by atomic mass is 9.94. The van der Waals surface area contributed by atoms with E-state index in [4.69, 9.17) is 16.6 Å². The van der Waals surface area contributed by atoms with Crippen molar-refractivity contribution in [1.82, 2.24) is 4.98 Å².